The van der Waals surface area contributed by atoms with Crippen LogP contribution in [-0.4, -0.2) is 63.7 Å². The van der Waals surface area contributed by atoms with Gasteiger partial charge in [-0.2, -0.15) is 28.1 Å². The minimum atomic E-state index is -4.61. The van der Waals surface area contributed by atoms with E-state index in [-0.39, 0.29) is 36.7 Å². The summed E-state index contributed by atoms with van der Waals surface area (Å²) in [4.78, 5) is 49.2. The second-order valence-corrected chi connectivity index (χ2v) is 11.8. The predicted octanol–water partition coefficient (Wildman–Crippen LogP) is 4.73. The number of halogens is 4. The third-order valence-electron chi connectivity index (χ3n) is 7.18. The van der Waals surface area contributed by atoms with Gasteiger partial charge in [0.2, 0.25) is 11.9 Å². The molecule has 1 unspecified atom stereocenters. The van der Waals surface area contributed by atoms with Crippen molar-refractivity contribution in [3.8, 4) is 6.01 Å². The SMILES string of the molecule is Cc1cc(NC(=O)C(=O)NCC(C)CNC(=O)c2ccc(Nc3nc(NC4(c5ccc(Cl)cc5)CC4)nc(OCC(F)(F)F)n3)cc2)no1. The average Bonchev–Trinajstić information content (AvgIpc) is 3.72. The van der Waals surface area contributed by atoms with E-state index in [1.165, 1.54) is 18.2 Å². The van der Waals surface area contributed by atoms with Gasteiger partial charge in [-0.3, -0.25) is 19.7 Å². The van der Waals surface area contributed by atoms with Crippen molar-refractivity contribution in [1.29, 1.82) is 0 Å². The van der Waals surface area contributed by atoms with Crippen molar-refractivity contribution in [3.63, 3.8) is 0 Å². The van der Waals surface area contributed by atoms with Crippen molar-refractivity contribution in [1.82, 2.24) is 30.7 Å². The molecule has 18 heteroatoms. The van der Waals surface area contributed by atoms with Crippen molar-refractivity contribution in [2.24, 2.45) is 5.92 Å². The number of carbonyl (C=O) groups excluding carboxylic acids is 3. The van der Waals surface area contributed by atoms with Crippen molar-refractivity contribution in [2.45, 2.75) is 38.4 Å². The molecule has 1 aliphatic rings. The van der Waals surface area contributed by atoms with Gasteiger partial charge >= 0.3 is 24.0 Å². The highest BCUT2D eigenvalue weighted by atomic mass is 35.5. The maximum Gasteiger partial charge on any atom is 0.422 e. The molecule has 2 aromatic carbocycles. The molecule has 4 aromatic rings. The number of nitrogens with zero attached hydrogens (tertiary/aromatic N) is 4. The first-order valence-corrected chi connectivity index (χ1v) is 15.3. The molecular formula is C31H31ClF3N9O5. The Morgan fingerprint density at radius 3 is 2.27 bits per heavy atom. The number of nitrogens with one attached hydrogen (secondary N) is 5. The predicted molar refractivity (Wildman–Crippen MR) is 171 cm³/mol. The second-order valence-electron chi connectivity index (χ2n) is 11.4. The summed E-state index contributed by atoms with van der Waals surface area (Å²) in [6.45, 7) is 2.14. The molecule has 0 saturated heterocycles. The highest BCUT2D eigenvalue weighted by Gasteiger charge is 2.45. The molecule has 1 atom stereocenters. The number of hydrogen-bond acceptors (Lipinski definition) is 11. The minimum Gasteiger partial charge on any atom is -0.454 e. The first-order valence-electron chi connectivity index (χ1n) is 14.9. The molecule has 1 saturated carbocycles. The minimum absolute atomic E-state index is 0.00844. The van der Waals surface area contributed by atoms with E-state index in [9.17, 15) is 27.6 Å². The van der Waals surface area contributed by atoms with E-state index < -0.39 is 42.1 Å². The first-order chi connectivity index (χ1) is 23.3. The normalized spacial score (nSPS) is 13.9. The molecule has 5 N–H and O–H groups in total. The van der Waals surface area contributed by atoms with E-state index in [2.05, 4.69) is 46.7 Å². The molecular weight excluding hydrogens is 671 g/mol. The smallest absolute Gasteiger partial charge is 0.422 e. The molecule has 258 valence electrons. The maximum atomic E-state index is 12.9. The lowest BCUT2D eigenvalue weighted by Crippen LogP contribution is -2.40. The number of alkyl halides is 3. The molecule has 0 bridgehead atoms. The number of hydrogen-bond donors (Lipinski definition) is 5. The van der Waals surface area contributed by atoms with Crippen LogP contribution in [0.2, 0.25) is 5.02 Å². The topological polar surface area (TPSA) is 185 Å². The summed E-state index contributed by atoms with van der Waals surface area (Å²) in [5.41, 5.74) is 1.15. The van der Waals surface area contributed by atoms with E-state index in [4.69, 9.17) is 20.9 Å². The number of ether oxygens (including phenoxy) is 1. The molecule has 2 heterocycles. The fourth-order valence-corrected chi connectivity index (χ4v) is 4.62. The molecule has 1 aliphatic carbocycles. The summed E-state index contributed by atoms with van der Waals surface area (Å²) in [6.07, 6.45) is -3.13. The van der Waals surface area contributed by atoms with E-state index in [1.807, 2.05) is 12.1 Å². The van der Waals surface area contributed by atoms with Crippen LogP contribution >= 0.6 is 11.6 Å². The van der Waals surface area contributed by atoms with Gasteiger partial charge in [-0.05, 0) is 67.6 Å². The van der Waals surface area contributed by atoms with Crippen LogP contribution in [0.1, 0.15) is 41.4 Å². The van der Waals surface area contributed by atoms with Gasteiger partial charge in [-0.1, -0.05) is 35.8 Å². The highest BCUT2D eigenvalue weighted by molar-refractivity contribution is 6.39. The number of aromatic nitrogens is 4. The molecule has 2 aromatic heterocycles. The Balaban J connectivity index is 1.16. The van der Waals surface area contributed by atoms with Crippen LogP contribution in [0.25, 0.3) is 0 Å². The zero-order valence-electron chi connectivity index (χ0n) is 26.2. The molecule has 49 heavy (non-hydrogen) atoms. The fraction of sp³-hybridized carbons (Fsp3) is 0.323. The number of amides is 3. The number of aryl methyl sites for hydroxylation is 1. The van der Waals surface area contributed by atoms with E-state index >= 15 is 0 Å². The van der Waals surface area contributed by atoms with Crippen LogP contribution in [-0.2, 0) is 15.1 Å². The summed E-state index contributed by atoms with van der Waals surface area (Å²) in [6, 6.07) is 14.3. The van der Waals surface area contributed by atoms with Gasteiger partial charge < -0.3 is 30.5 Å². The number of benzene rings is 2. The Morgan fingerprint density at radius 1 is 0.959 bits per heavy atom. The van der Waals surface area contributed by atoms with Crippen molar-refractivity contribution in [3.05, 3.63) is 76.5 Å². The van der Waals surface area contributed by atoms with Crippen LogP contribution < -0.4 is 31.3 Å². The van der Waals surface area contributed by atoms with Gasteiger partial charge in [0.15, 0.2) is 12.4 Å². The van der Waals surface area contributed by atoms with Gasteiger partial charge in [-0.25, -0.2) is 0 Å². The van der Waals surface area contributed by atoms with E-state index in [1.54, 1.807) is 38.1 Å². The zero-order chi connectivity index (χ0) is 35.2. The zero-order valence-corrected chi connectivity index (χ0v) is 26.9. The average molecular weight is 702 g/mol. The first kappa shape index (κ1) is 34.9. The molecule has 5 rings (SSSR count). The van der Waals surface area contributed by atoms with Crippen LogP contribution in [0.3, 0.4) is 0 Å². The lowest BCUT2D eigenvalue weighted by atomic mass is 10.1. The van der Waals surface area contributed by atoms with E-state index in [0.29, 0.717) is 22.0 Å². The van der Waals surface area contributed by atoms with Crippen molar-refractivity contribution in [2.75, 3.05) is 35.6 Å². The van der Waals surface area contributed by atoms with Gasteiger partial charge in [0.25, 0.3) is 5.91 Å². The summed E-state index contributed by atoms with van der Waals surface area (Å²) in [5, 5.41) is 17.8. The Kier molecular flexibility index (Phi) is 10.5. The van der Waals surface area contributed by atoms with Crippen molar-refractivity contribution < 1.29 is 36.8 Å². The number of rotatable bonds is 13. The summed E-state index contributed by atoms with van der Waals surface area (Å²) in [7, 11) is 0. The van der Waals surface area contributed by atoms with Gasteiger partial charge in [-0.15, -0.1) is 0 Å². The van der Waals surface area contributed by atoms with E-state index in [0.717, 1.165) is 18.4 Å². The Hall–Kier alpha value is -5.45. The largest absolute Gasteiger partial charge is 0.454 e. The van der Waals surface area contributed by atoms with Crippen LogP contribution in [0.15, 0.2) is 59.1 Å². The monoisotopic (exact) mass is 701 g/mol. The lowest BCUT2D eigenvalue weighted by Gasteiger charge is -2.19. The molecule has 0 aliphatic heterocycles. The molecule has 0 radical (unpaired) electrons. The second kappa shape index (κ2) is 14.8. The number of anilines is 4. The highest BCUT2D eigenvalue weighted by Crippen LogP contribution is 2.48. The maximum absolute atomic E-state index is 12.9. The van der Waals surface area contributed by atoms with Gasteiger partial charge in [0, 0.05) is 35.4 Å². The number of carbonyl (C=O) groups is 3. The Labute approximate surface area is 282 Å². The standard InChI is InChI=1S/C31H31ClF3N9O5/c1-17(15-37-25(46)26(47)39-23-13-18(2)49-44-23)14-36-24(45)19-3-9-22(10-4-19)38-27-40-28(42-29(41-27)48-16-31(33,34)35)43-30(11-12-30)20-5-7-21(32)8-6-20/h3-10,13,17H,11-12,14-16H2,1-2H3,(H,36,45)(H,37,46)(H,39,44,47)(H2,38,40,41,42,43). The summed E-state index contributed by atoms with van der Waals surface area (Å²) < 4.78 is 48.3. The van der Waals surface area contributed by atoms with Crippen LogP contribution in [0.4, 0.5) is 36.6 Å². The third kappa shape index (κ3) is 10.0. The molecule has 14 nitrogen and oxygen atoms in total. The Morgan fingerprint density at radius 2 is 1.63 bits per heavy atom. The summed E-state index contributed by atoms with van der Waals surface area (Å²) >= 11 is 6.02. The van der Waals surface area contributed by atoms with Crippen LogP contribution in [0.5, 0.6) is 6.01 Å². The lowest BCUT2D eigenvalue weighted by molar-refractivity contribution is -0.154. The van der Waals surface area contributed by atoms with Gasteiger partial charge in [0.1, 0.15) is 5.76 Å². The third-order valence-corrected chi connectivity index (χ3v) is 7.43. The summed E-state index contributed by atoms with van der Waals surface area (Å²) in [5.74, 6) is -1.87. The molecule has 0 spiro atoms. The van der Waals surface area contributed by atoms with Crippen LogP contribution in [0, 0.1) is 12.8 Å². The molecule has 1 fully saturated rings. The van der Waals surface area contributed by atoms with Gasteiger partial charge in [0.05, 0.1) is 5.54 Å². The Bertz CT molecular complexity index is 1800. The quantitative estimate of drug-likeness (QED) is 0.121. The fourth-order valence-electron chi connectivity index (χ4n) is 4.49. The van der Waals surface area contributed by atoms with Crippen molar-refractivity contribution >= 4 is 52.7 Å². The molecule has 3 amide bonds.